The maximum absolute atomic E-state index is 5.52. The second-order valence-corrected chi connectivity index (χ2v) is 5.79. The van der Waals surface area contributed by atoms with Crippen molar-refractivity contribution in [3.63, 3.8) is 0 Å². The van der Waals surface area contributed by atoms with Crippen molar-refractivity contribution in [1.82, 2.24) is 9.97 Å². The van der Waals surface area contributed by atoms with Crippen LogP contribution in [0.15, 0.2) is 28.2 Å². The Kier molecular flexibility index (Phi) is 4.54. The minimum atomic E-state index is 0.110. The molecule has 4 nitrogen and oxygen atoms in total. The highest BCUT2D eigenvalue weighted by atomic mass is 79.9. The Morgan fingerprint density at radius 1 is 1.44 bits per heavy atom. The van der Waals surface area contributed by atoms with Crippen molar-refractivity contribution in [1.29, 1.82) is 0 Å². The zero-order chi connectivity index (χ0) is 13.0. The normalized spacial score (nSPS) is 10.7. The molecule has 0 spiro atoms. The Morgan fingerprint density at radius 3 is 2.94 bits per heavy atom. The number of nitrogens with one attached hydrogen (secondary N) is 1. The van der Waals surface area contributed by atoms with Gasteiger partial charge in [-0.1, -0.05) is 0 Å². The van der Waals surface area contributed by atoms with Gasteiger partial charge >= 0.3 is 0 Å². The van der Waals surface area contributed by atoms with E-state index >= 15 is 0 Å². The first kappa shape index (κ1) is 13.3. The first-order valence-electron chi connectivity index (χ1n) is 5.60. The van der Waals surface area contributed by atoms with Gasteiger partial charge in [0.2, 0.25) is 11.8 Å². The minimum absolute atomic E-state index is 0.110. The summed E-state index contributed by atoms with van der Waals surface area (Å²) < 4.78 is 6.62. The average molecular weight is 328 g/mol. The van der Waals surface area contributed by atoms with Gasteiger partial charge in [-0.3, -0.25) is 0 Å². The van der Waals surface area contributed by atoms with Crippen LogP contribution in [0.25, 0.3) is 0 Å². The van der Waals surface area contributed by atoms with Crippen LogP contribution < -0.4 is 10.1 Å². The molecule has 0 fully saturated rings. The van der Waals surface area contributed by atoms with E-state index in [9.17, 15) is 0 Å². The van der Waals surface area contributed by atoms with E-state index in [2.05, 4.69) is 31.2 Å². The summed E-state index contributed by atoms with van der Waals surface area (Å²) in [5, 5.41) is 5.22. The number of aromatic nitrogens is 2. The standard InChI is InChI=1S/C12H14BrN3OS/c1-8(2)17-11-3-5-14-12(16-11)15-7-10-9(13)4-6-18-10/h3-6,8H,7H2,1-2H3,(H,14,15,16). The molecule has 2 heterocycles. The fourth-order valence-corrected chi connectivity index (χ4v) is 2.78. The van der Waals surface area contributed by atoms with Gasteiger partial charge in [0, 0.05) is 21.6 Å². The van der Waals surface area contributed by atoms with Crippen LogP contribution in [-0.4, -0.2) is 16.1 Å². The highest BCUT2D eigenvalue weighted by Crippen LogP contribution is 2.23. The van der Waals surface area contributed by atoms with Crippen molar-refractivity contribution in [2.45, 2.75) is 26.5 Å². The summed E-state index contributed by atoms with van der Waals surface area (Å²) in [7, 11) is 0. The first-order chi connectivity index (χ1) is 8.65. The second-order valence-electron chi connectivity index (χ2n) is 3.93. The zero-order valence-corrected chi connectivity index (χ0v) is 12.6. The Balaban J connectivity index is 1.99. The molecule has 6 heteroatoms. The maximum Gasteiger partial charge on any atom is 0.226 e. The molecule has 18 heavy (non-hydrogen) atoms. The molecule has 0 bridgehead atoms. The van der Waals surface area contributed by atoms with Crippen LogP contribution in [0.1, 0.15) is 18.7 Å². The molecular weight excluding hydrogens is 314 g/mol. The number of ether oxygens (including phenoxy) is 1. The third-order valence-corrected chi connectivity index (χ3v) is 4.01. The van der Waals surface area contributed by atoms with Crippen LogP contribution in [0.4, 0.5) is 5.95 Å². The summed E-state index contributed by atoms with van der Waals surface area (Å²) in [4.78, 5) is 9.67. The van der Waals surface area contributed by atoms with Crippen LogP contribution in [0.3, 0.4) is 0 Å². The summed E-state index contributed by atoms with van der Waals surface area (Å²) in [5.74, 6) is 1.17. The molecule has 0 saturated carbocycles. The molecule has 2 aromatic heterocycles. The highest BCUT2D eigenvalue weighted by Gasteiger charge is 2.04. The number of hydrogen-bond acceptors (Lipinski definition) is 5. The molecule has 2 rings (SSSR count). The van der Waals surface area contributed by atoms with Crippen LogP contribution >= 0.6 is 27.3 Å². The van der Waals surface area contributed by atoms with E-state index in [4.69, 9.17) is 4.74 Å². The number of rotatable bonds is 5. The smallest absolute Gasteiger partial charge is 0.226 e. The fourth-order valence-electron chi connectivity index (χ4n) is 1.35. The minimum Gasteiger partial charge on any atom is -0.475 e. The number of halogens is 1. The SMILES string of the molecule is CC(C)Oc1ccnc(NCc2sccc2Br)n1. The molecule has 0 radical (unpaired) electrons. The topological polar surface area (TPSA) is 47.0 Å². The van der Waals surface area contributed by atoms with E-state index in [0.29, 0.717) is 18.4 Å². The maximum atomic E-state index is 5.52. The lowest BCUT2D eigenvalue weighted by atomic mass is 10.4. The summed E-state index contributed by atoms with van der Waals surface area (Å²) >= 11 is 5.18. The van der Waals surface area contributed by atoms with Crippen molar-refractivity contribution in [2.24, 2.45) is 0 Å². The van der Waals surface area contributed by atoms with Gasteiger partial charge in [0.25, 0.3) is 0 Å². The van der Waals surface area contributed by atoms with E-state index in [1.807, 2.05) is 25.3 Å². The van der Waals surface area contributed by atoms with E-state index in [0.717, 1.165) is 4.47 Å². The molecular formula is C12H14BrN3OS. The van der Waals surface area contributed by atoms with Gasteiger partial charge < -0.3 is 10.1 Å². The fraction of sp³-hybridized carbons (Fsp3) is 0.333. The second kappa shape index (κ2) is 6.15. The third-order valence-electron chi connectivity index (χ3n) is 2.08. The lowest BCUT2D eigenvalue weighted by Gasteiger charge is -2.09. The van der Waals surface area contributed by atoms with Crippen molar-refractivity contribution in [3.05, 3.63) is 33.1 Å². The monoisotopic (exact) mass is 327 g/mol. The predicted octanol–water partition coefficient (Wildman–Crippen LogP) is 3.70. The Hall–Kier alpha value is -1.14. The quantitative estimate of drug-likeness (QED) is 0.909. The van der Waals surface area contributed by atoms with Gasteiger partial charge in [-0.15, -0.1) is 11.3 Å². The predicted molar refractivity (Wildman–Crippen MR) is 77.1 cm³/mol. The lowest BCUT2D eigenvalue weighted by molar-refractivity contribution is 0.232. The first-order valence-corrected chi connectivity index (χ1v) is 7.28. The third kappa shape index (κ3) is 3.68. The molecule has 0 aliphatic carbocycles. The van der Waals surface area contributed by atoms with Crippen LogP contribution in [0, 0.1) is 0 Å². The van der Waals surface area contributed by atoms with E-state index in [1.54, 1.807) is 23.6 Å². The molecule has 0 atom stereocenters. The largest absolute Gasteiger partial charge is 0.475 e. The summed E-state index contributed by atoms with van der Waals surface area (Å²) in [6.07, 6.45) is 1.80. The van der Waals surface area contributed by atoms with E-state index in [1.165, 1.54) is 4.88 Å². The Labute approximate surface area is 119 Å². The van der Waals surface area contributed by atoms with Crippen LogP contribution in [-0.2, 0) is 6.54 Å². The molecule has 0 amide bonds. The van der Waals surface area contributed by atoms with E-state index < -0.39 is 0 Å². The number of anilines is 1. The van der Waals surface area contributed by atoms with Gasteiger partial charge in [0.05, 0.1) is 12.6 Å². The average Bonchev–Trinajstić information content (AvgIpc) is 2.72. The Morgan fingerprint density at radius 2 is 2.28 bits per heavy atom. The molecule has 1 N–H and O–H groups in total. The van der Waals surface area contributed by atoms with Crippen LogP contribution in [0.2, 0.25) is 0 Å². The number of hydrogen-bond donors (Lipinski definition) is 1. The van der Waals surface area contributed by atoms with Crippen molar-refractivity contribution < 1.29 is 4.74 Å². The molecule has 0 unspecified atom stereocenters. The number of thiophene rings is 1. The molecule has 0 aliphatic rings. The van der Waals surface area contributed by atoms with Gasteiger partial charge in [-0.25, -0.2) is 4.98 Å². The van der Waals surface area contributed by atoms with Gasteiger partial charge in [0.1, 0.15) is 0 Å². The van der Waals surface area contributed by atoms with Gasteiger partial charge in [-0.05, 0) is 41.2 Å². The van der Waals surface area contributed by atoms with Crippen molar-refractivity contribution in [3.8, 4) is 5.88 Å². The molecule has 96 valence electrons. The van der Waals surface area contributed by atoms with Crippen LogP contribution in [0.5, 0.6) is 5.88 Å². The van der Waals surface area contributed by atoms with Gasteiger partial charge in [-0.2, -0.15) is 4.98 Å². The summed E-state index contributed by atoms with van der Waals surface area (Å²) in [5.41, 5.74) is 0. The lowest BCUT2D eigenvalue weighted by Crippen LogP contribution is -2.09. The summed E-state index contributed by atoms with van der Waals surface area (Å²) in [6.45, 7) is 4.64. The Bertz CT molecular complexity index is 516. The van der Waals surface area contributed by atoms with E-state index in [-0.39, 0.29) is 6.10 Å². The van der Waals surface area contributed by atoms with Crippen molar-refractivity contribution in [2.75, 3.05) is 5.32 Å². The summed E-state index contributed by atoms with van der Waals surface area (Å²) in [6, 6.07) is 3.78. The van der Waals surface area contributed by atoms with Gasteiger partial charge in [0.15, 0.2) is 0 Å². The highest BCUT2D eigenvalue weighted by molar-refractivity contribution is 9.10. The zero-order valence-electron chi connectivity index (χ0n) is 10.2. The molecule has 2 aromatic rings. The number of nitrogens with zero attached hydrogens (tertiary/aromatic N) is 2. The molecule has 0 aromatic carbocycles. The molecule has 0 saturated heterocycles. The van der Waals surface area contributed by atoms with Crippen molar-refractivity contribution >= 4 is 33.2 Å². The molecule has 0 aliphatic heterocycles.